The lowest BCUT2D eigenvalue weighted by Gasteiger charge is -2.20. The van der Waals surface area contributed by atoms with Gasteiger partial charge in [-0.25, -0.2) is 14.8 Å². The molecule has 0 amide bonds. The summed E-state index contributed by atoms with van der Waals surface area (Å²) in [6.07, 6.45) is 8.33. The number of carboxylic acids is 1. The van der Waals surface area contributed by atoms with E-state index in [1.807, 2.05) is 4.90 Å². The molecule has 0 bridgehead atoms. The molecule has 1 aromatic rings. The van der Waals surface area contributed by atoms with Crippen LogP contribution in [0.25, 0.3) is 6.08 Å². The zero-order valence-electron chi connectivity index (χ0n) is 10.4. The van der Waals surface area contributed by atoms with Gasteiger partial charge in [-0.1, -0.05) is 0 Å². The first-order valence-corrected chi connectivity index (χ1v) is 6.07. The summed E-state index contributed by atoms with van der Waals surface area (Å²) in [5.41, 5.74) is 0.641. The van der Waals surface area contributed by atoms with Gasteiger partial charge in [-0.3, -0.25) is 0 Å². The fourth-order valence-corrected chi connectivity index (χ4v) is 1.74. The van der Waals surface area contributed by atoms with Crippen LogP contribution >= 0.6 is 0 Å². The van der Waals surface area contributed by atoms with E-state index < -0.39 is 5.97 Å². The Balaban J connectivity index is 2.07. The van der Waals surface area contributed by atoms with Gasteiger partial charge in [0.05, 0.1) is 12.5 Å². The molecule has 2 rings (SSSR count). The topological polar surface area (TPSA) is 90.1 Å². The largest absolute Gasteiger partial charge is 0.478 e. The number of hydrogen-bond donors (Lipinski definition) is 1. The predicted molar refractivity (Wildman–Crippen MR) is 69.3 cm³/mol. The number of aliphatic carboxylic acids is 1. The minimum atomic E-state index is -1.00. The highest BCUT2D eigenvalue weighted by Gasteiger charge is 2.30. The fourth-order valence-electron chi connectivity index (χ4n) is 1.74. The molecule has 0 aromatic carbocycles. The zero-order valence-corrected chi connectivity index (χ0v) is 10.4. The zero-order chi connectivity index (χ0) is 13.7. The third-order valence-electron chi connectivity index (χ3n) is 2.79. The van der Waals surface area contributed by atoms with E-state index in [9.17, 15) is 4.79 Å². The number of aromatic nitrogens is 2. The standard InChI is InChI=1S/C13H14N4O2/c14-6-1-7-17(11-3-4-11)13-15-8-10(9-16-13)2-5-12(18)19/h2,5,8-9,11H,1,3-4,7H2,(H,18,19)/b5-2+. The molecule has 0 radical (unpaired) electrons. The molecule has 0 unspecified atom stereocenters. The molecular weight excluding hydrogens is 244 g/mol. The molecule has 0 spiro atoms. The van der Waals surface area contributed by atoms with Crippen molar-refractivity contribution in [1.29, 1.82) is 5.26 Å². The van der Waals surface area contributed by atoms with Crippen molar-refractivity contribution in [2.24, 2.45) is 0 Å². The maximum absolute atomic E-state index is 10.4. The summed E-state index contributed by atoms with van der Waals surface area (Å²) in [4.78, 5) is 20.9. The van der Waals surface area contributed by atoms with Crippen LogP contribution in [0.4, 0.5) is 5.95 Å². The van der Waals surface area contributed by atoms with Crippen molar-refractivity contribution in [1.82, 2.24) is 9.97 Å². The van der Waals surface area contributed by atoms with Crippen LogP contribution < -0.4 is 4.90 Å². The fraction of sp³-hybridized carbons (Fsp3) is 0.385. The SMILES string of the molecule is N#CCCN(c1ncc(/C=C/C(=O)O)cn1)C1CC1. The molecule has 0 atom stereocenters. The van der Waals surface area contributed by atoms with Gasteiger partial charge in [0.2, 0.25) is 5.95 Å². The van der Waals surface area contributed by atoms with Gasteiger partial charge < -0.3 is 10.0 Å². The Morgan fingerprint density at radius 1 is 1.53 bits per heavy atom. The van der Waals surface area contributed by atoms with Gasteiger partial charge in [-0.05, 0) is 18.9 Å². The van der Waals surface area contributed by atoms with Crippen LogP contribution in [-0.4, -0.2) is 33.6 Å². The molecule has 0 aliphatic heterocycles. The van der Waals surface area contributed by atoms with E-state index in [4.69, 9.17) is 10.4 Å². The molecule has 1 fully saturated rings. The average molecular weight is 258 g/mol. The third kappa shape index (κ3) is 3.78. The van der Waals surface area contributed by atoms with Crippen LogP contribution in [-0.2, 0) is 4.79 Å². The Bertz CT molecular complexity index is 514. The first-order chi connectivity index (χ1) is 9.20. The van der Waals surface area contributed by atoms with Crippen LogP contribution in [0.5, 0.6) is 0 Å². The molecule has 1 N–H and O–H groups in total. The molecule has 6 nitrogen and oxygen atoms in total. The van der Waals surface area contributed by atoms with Crippen LogP contribution in [0.3, 0.4) is 0 Å². The number of rotatable bonds is 6. The highest BCUT2D eigenvalue weighted by Crippen LogP contribution is 2.29. The summed E-state index contributed by atoms with van der Waals surface area (Å²) in [5, 5.41) is 17.2. The summed E-state index contributed by atoms with van der Waals surface area (Å²) < 4.78 is 0. The predicted octanol–water partition coefficient (Wildman–Crippen LogP) is 1.46. The van der Waals surface area contributed by atoms with E-state index in [1.54, 1.807) is 12.4 Å². The molecule has 1 heterocycles. The molecular formula is C13H14N4O2. The second-order valence-electron chi connectivity index (χ2n) is 4.32. The quantitative estimate of drug-likeness (QED) is 0.777. The molecule has 1 saturated carbocycles. The van der Waals surface area contributed by atoms with Crippen molar-refractivity contribution in [3.63, 3.8) is 0 Å². The second-order valence-corrected chi connectivity index (χ2v) is 4.32. The van der Waals surface area contributed by atoms with E-state index in [0.717, 1.165) is 18.9 Å². The van der Waals surface area contributed by atoms with E-state index in [0.29, 0.717) is 30.5 Å². The number of carbonyl (C=O) groups is 1. The highest BCUT2D eigenvalue weighted by atomic mass is 16.4. The van der Waals surface area contributed by atoms with Crippen LogP contribution in [0.1, 0.15) is 24.8 Å². The first-order valence-electron chi connectivity index (χ1n) is 6.07. The van der Waals surface area contributed by atoms with Gasteiger partial charge in [0, 0.05) is 36.6 Å². The molecule has 98 valence electrons. The number of nitrogens with zero attached hydrogens (tertiary/aromatic N) is 4. The van der Waals surface area contributed by atoms with Gasteiger partial charge in [-0.2, -0.15) is 5.26 Å². The Morgan fingerprint density at radius 2 is 2.21 bits per heavy atom. The summed E-state index contributed by atoms with van der Waals surface area (Å²) in [5.74, 6) is -0.400. The second kappa shape index (κ2) is 5.96. The van der Waals surface area contributed by atoms with Crippen LogP contribution in [0, 0.1) is 11.3 Å². The lowest BCUT2D eigenvalue weighted by Crippen LogP contribution is -2.28. The molecule has 19 heavy (non-hydrogen) atoms. The third-order valence-corrected chi connectivity index (χ3v) is 2.79. The average Bonchev–Trinajstić information content (AvgIpc) is 3.23. The smallest absolute Gasteiger partial charge is 0.328 e. The van der Waals surface area contributed by atoms with Crippen molar-refractivity contribution >= 4 is 18.0 Å². The van der Waals surface area contributed by atoms with E-state index in [2.05, 4.69) is 16.0 Å². The Morgan fingerprint density at radius 3 is 2.74 bits per heavy atom. The summed E-state index contributed by atoms with van der Waals surface area (Å²) in [7, 11) is 0. The first kappa shape index (κ1) is 13.0. The maximum Gasteiger partial charge on any atom is 0.328 e. The number of nitriles is 1. The van der Waals surface area contributed by atoms with Crippen molar-refractivity contribution in [2.45, 2.75) is 25.3 Å². The number of carboxylic acid groups (broad SMARTS) is 1. The van der Waals surface area contributed by atoms with Gasteiger partial charge in [0.1, 0.15) is 0 Å². The Hall–Kier alpha value is -2.42. The monoisotopic (exact) mass is 258 g/mol. The molecule has 6 heteroatoms. The van der Waals surface area contributed by atoms with E-state index in [-0.39, 0.29) is 0 Å². The van der Waals surface area contributed by atoms with Crippen molar-refractivity contribution < 1.29 is 9.90 Å². The Kier molecular flexibility index (Phi) is 4.08. The molecule has 1 aromatic heterocycles. The summed E-state index contributed by atoms with van der Waals surface area (Å²) >= 11 is 0. The lowest BCUT2D eigenvalue weighted by molar-refractivity contribution is -0.131. The Labute approximate surface area is 111 Å². The van der Waals surface area contributed by atoms with Crippen LogP contribution in [0.15, 0.2) is 18.5 Å². The van der Waals surface area contributed by atoms with Gasteiger partial charge in [-0.15, -0.1) is 0 Å². The normalized spacial score (nSPS) is 14.3. The lowest BCUT2D eigenvalue weighted by atomic mass is 10.3. The molecule has 1 aliphatic rings. The minimum absolute atomic E-state index is 0.439. The van der Waals surface area contributed by atoms with Gasteiger partial charge in [0.15, 0.2) is 0 Å². The minimum Gasteiger partial charge on any atom is -0.478 e. The van der Waals surface area contributed by atoms with Crippen molar-refractivity contribution in [3.8, 4) is 6.07 Å². The van der Waals surface area contributed by atoms with Crippen molar-refractivity contribution in [3.05, 3.63) is 24.0 Å². The van der Waals surface area contributed by atoms with Gasteiger partial charge >= 0.3 is 5.97 Å². The maximum atomic E-state index is 10.4. The molecule has 1 aliphatic carbocycles. The van der Waals surface area contributed by atoms with Gasteiger partial charge in [0.25, 0.3) is 0 Å². The number of hydrogen-bond acceptors (Lipinski definition) is 5. The van der Waals surface area contributed by atoms with E-state index in [1.165, 1.54) is 6.08 Å². The van der Waals surface area contributed by atoms with E-state index >= 15 is 0 Å². The van der Waals surface area contributed by atoms with Crippen molar-refractivity contribution in [2.75, 3.05) is 11.4 Å². The van der Waals surface area contributed by atoms with Crippen LogP contribution in [0.2, 0.25) is 0 Å². The molecule has 0 saturated heterocycles. The summed E-state index contributed by atoms with van der Waals surface area (Å²) in [6, 6.07) is 2.56. The highest BCUT2D eigenvalue weighted by molar-refractivity contribution is 5.85. The summed E-state index contributed by atoms with van der Waals surface area (Å²) in [6.45, 7) is 0.630. The number of anilines is 1.